The average Bonchev–Trinajstić information content (AvgIpc) is 2.73. The van der Waals surface area contributed by atoms with Gasteiger partial charge in [-0.2, -0.15) is 0 Å². The van der Waals surface area contributed by atoms with E-state index in [1.807, 2.05) is 54.6 Å². The minimum atomic E-state index is -0.334. The molecule has 0 bridgehead atoms. The number of amides is 2. The van der Waals surface area contributed by atoms with Crippen LogP contribution in [0.25, 0.3) is 0 Å². The lowest BCUT2D eigenvalue weighted by Gasteiger charge is -2.34. The third kappa shape index (κ3) is 5.23. The van der Waals surface area contributed by atoms with Gasteiger partial charge in [-0.1, -0.05) is 42.5 Å². The Bertz CT molecular complexity index is 771. The van der Waals surface area contributed by atoms with Crippen molar-refractivity contribution < 1.29 is 19.1 Å². The van der Waals surface area contributed by atoms with E-state index < -0.39 is 0 Å². The van der Waals surface area contributed by atoms with Gasteiger partial charge in [-0.3, -0.25) is 4.79 Å². The quantitative estimate of drug-likeness (QED) is 0.814. The molecule has 0 atom stereocenters. The van der Waals surface area contributed by atoms with Crippen molar-refractivity contribution in [3.8, 4) is 5.75 Å². The van der Waals surface area contributed by atoms with Crippen molar-refractivity contribution >= 4 is 12.0 Å². The SMILES string of the molecule is COc1cccc(CC(=O)N2CCN(C(=O)OCc3ccccc3)CC2)c1. The lowest BCUT2D eigenvalue weighted by Crippen LogP contribution is -2.51. The highest BCUT2D eigenvalue weighted by Gasteiger charge is 2.25. The molecule has 0 N–H and O–H groups in total. The zero-order valence-electron chi connectivity index (χ0n) is 15.5. The second-order valence-electron chi connectivity index (χ2n) is 6.44. The van der Waals surface area contributed by atoms with Gasteiger partial charge in [0.05, 0.1) is 13.5 Å². The van der Waals surface area contributed by atoms with E-state index in [2.05, 4.69) is 0 Å². The number of piperazine rings is 1. The fourth-order valence-electron chi connectivity index (χ4n) is 3.02. The number of ether oxygens (including phenoxy) is 2. The second kappa shape index (κ2) is 9.07. The van der Waals surface area contributed by atoms with Gasteiger partial charge in [0, 0.05) is 26.2 Å². The fraction of sp³-hybridized carbons (Fsp3) is 0.333. The molecule has 0 saturated carbocycles. The van der Waals surface area contributed by atoms with Crippen LogP contribution in [0.4, 0.5) is 4.79 Å². The molecule has 0 aromatic heterocycles. The summed E-state index contributed by atoms with van der Waals surface area (Å²) in [6, 6.07) is 17.1. The van der Waals surface area contributed by atoms with Gasteiger partial charge < -0.3 is 19.3 Å². The maximum atomic E-state index is 12.5. The molecule has 0 radical (unpaired) electrons. The van der Waals surface area contributed by atoms with E-state index in [4.69, 9.17) is 9.47 Å². The predicted molar refractivity (Wildman–Crippen MR) is 101 cm³/mol. The smallest absolute Gasteiger partial charge is 0.410 e. The van der Waals surface area contributed by atoms with Crippen molar-refractivity contribution in [2.24, 2.45) is 0 Å². The summed E-state index contributed by atoms with van der Waals surface area (Å²) in [7, 11) is 1.61. The molecule has 1 aliphatic heterocycles. The molecule has 2 aromatic rings. The van der Waals surface area contributed by atoms with Crippen molar-refractivity contribution in [2.45, 2.75) is 13.0 Å². The third-order valence-electron chi connectivity index (χ3n) is 4.59. The van der Waals surface area contributed by atoms with E-state index in [9.17, 15) is 9.59 Å². The number of nitrogens with zero attached hydrogens (tertiary/aromatic N) is 2. The summed E-state index contributed by atoms with van der Waals surface area (Å²) >= 11 is 0. The molecule has 142 valence electrons. The minimum Gasteiger partial charge on any atom is -0.497 e. The highest BCUT2D eigenvalue weighted by Crippen LogP contribution is 2.14. The van der Waals surface area contributed by atoms with Crippen LogP contribution in [-0.2, 0) is 22.6 Å². The van der Waals surface area contributed by atoms with Crippen molar-refractivity contribution in [2.75, 3.05) is 33.3 Å². The summed E-state index contributed by atoms with van der Waals surface area (Å²) in [5.41, 5.74) is 1.88. The fourth-order valence-corrected chi connectivity index (χ4v) is 3.02. The summed E-state index contributed by atoms with van der Waals surface area (Å²) in [6.45, 7) is 2.26. The lowest BCUT2D eigenvalue weighted by atomic mass is 10.1. The molecule has 1 fully saturated rings. The zero-order valence-corrected chi connectivity index (χ0v) is 15.5. The molecular formula is C21H24N2O4. The third-order valence-corrected chi connectivity index (χ3v) is 4.59. The zero-order chi connectivity index (χ0) is 19.1. The van der Waals surface area contributed by atoms with E-state index in [0.717, 1.165) is 16.9 Å². The Morgan fingerprint density at radius 3 is 2.26 bits per heavy atom. The maximum absolute atomic E-state index is 12.5. The van der Waals surface area contributed by atoms with Crippen LogP contribution in [0.5, 0.6) is 5.75 Å². The number of carbonyl (C=O) groups is 2. The molecule has 1 heterocycles. The van der Waals surface area contributed by atoms with Crippen molar-refractivity contribution in [3.63, 3.8) is 0 Å². The largest absolute Gasteiger partial charge is 0.497 e. The second-order valence-corrected chi connectivity index (χ2v) is 6.44. The molecule has 27 heavy (non-hydrogen) atoms. The molecule has 0 spiro atoms. The Morgan fingerprint density at radius 1 is 0.889 bits per heavy atom. The first-order valence-corrected chi connectivity index (χ1v) is 9.02. The van der Waals surface area contributed by atoms with Crippen LogP contribution < -0.4 is 4.74 Å². The number of carbonyl (C=O) groups excluding carboxylic acids is 2. The first-order chi connectivity index (χ1) is 13.2. The molecule has 0 aliphatic carbocycles. The number of rotatable bonds is 5. The van der Waals surface area contributed by atoms with Gasteiger partial charge >= 0.3 is 6.09 Å². The molecule has 1 saturated heterocycles. The van der Waals surface area contributed by atoms with Crippen LogP contribution in [0.2, 0.25) is 0 Å². The molecule has 1 aliphatic rings. The van der Waals surface area contributed by atoms with E-state index in [1.165, 1.54) is 0 Å². The normalized spacial score (nSPS) is 14.0. The van der Waals surface area contributed by atoms with E-state index in [-0.39, 0.29) is 18.6 Å². The van der Waals surface area contributed by atoms with Crippen LogP contribution >= 0.6 is 0 Å². The first kappa shape index (κ1) is 18.8. The van der Waals surface area contributed by atoms with Gasteiger partial charge in [0.1, 0.15) is 12.4 Å². The monoisotopic (exact) mass is 368 g/mol. The predicted octanol–water partition coefficient (Wildman–Crippen LogP) is 2.72. The number of benzene rings is 2. The Balaban J connectivity index is 1.45. The number of methoxy groups -OCH3 is 1. The van der Waals surface area contributed by atoms with Gasteiger partial charge in [0.2, 0.25) is 5.91 Å². The Labute approximate surface area is 159 Å². The van der Waals surface area contributed by atoms with Crippen LogP contribution in [-0.4, -0.2) is 55.1 Å². The molecule has 2 amide bonds. The average molecular weight is 368 g/mol. The topological polar surface area (TPSA) is 59.1 Å². The molecule has 2 aromatic carbocycles. The molecule has 6 nitrogen and oxygen atoms in total. The lowest BCUT2D eigenvalue weighted by molar-refractivity contribution is -0.132. The van der Waals surface area contributed by atoms with Crippen LogP contribution in [0, 0.1) is 0 Å². The minimum absolute atomic E-state index is 0.0561. The molecule has 0 unspecified atom stereocenters. The molecule has 6 heteroatoms. The highest BCUT2D eigenvalue weighted by atomic mass is 16.6. The van der Waals surface area contributed by atoms with Gasteiger partial charge in [-0.05, 0) is 23.3 Å². The van der Waals surface area contributed by atoms with E-state index >= 15 is 0 Å². The summed E-state index contributed by atoms with van der Waals surface area (Å²) in [5, 5.41) is 0. The summed E-state index contributed by atoms with van der Waals surface area (Å²) in [6.07, 6.45) is -0.00547. The molecule has 3 rings (SSSR count). The van der Waals surface area contributed by atoms with Crippen LogP contribution in [0.3, 0.4) is 0 Å². The van der Waals surface area contributed by atoms with E-state index in [1.54, 1.807) is 16.9 Å². The van der Waals surface area contributed by atoms with Crippen molar-refractivity contribution in [1.29, 1.82) is 0 Å². The van der Waals surface area contributed by atoms with Gasteiger partial charge in [-0.15, -0.1) is 0 Å². The Morgan fingerprint density at radius 2 is 1.56 bits per heavy atom. The van der Waals surface area contributed by atoms with Gasteiger partial charge in [-0.25, -0.2) is 4.79 Å². The number of hydrogen-bond donors (Lipinski definition) is 0. The van der Waals surface area contributed by atoms with Gasteiger partial charge in [0.15, 0.2) is 0 Å². The van der Waals surface area contributed by atoms with Crippen molar-refractivity contribution in [1.82, 2.24) is 9.80 Å². The molecular weight excluding hydrogens is 344 g/mol. The number of hydrogen-bond acceptors (Lipinski definition) is 4. The highest BCUT2D eigenvalue weighted by molar-refractivity contribution is 5.79. The summed E-state index contributed by atoms with van der Waals surface area (Å²) in [5.74, 6) is 0.798. The summed E-state index contributed by atoms with van der Waals surface area (Å²) in [4.78, 5) is 28.1. The summed E-state index contributed by atoms with van der Waals surface area (Å²) < 4.78 is 10.5. The van der Waals surface area contributed by atoms with E-state index in [0.29, 0.717) is 32.6 Å². The van der Waals surface area contributed by atoms with Gasteiger partial charge in [0.25, 0.3) is 0 Å². The van der Waals surface area contributed by atoms with Crippen molar-refractivity contribution in [3.05, 3.63) is 65.7 Å². The Hall–Kier alpha value is -3.02. The maximum Gasteiger partial charge on any atom is 0.410 e. The van der Waals surface area contributed by atoms with Crippen LogP contribution in [0.1, 0.15) is 11.1 Å². The first-order valence-electron chi connectivity index (χ1n) is 9.02. The standard InChI is InChI=1S/C21H24N2O4/c1-26-19-9-5-8-18(14-19)15-20(24)22-10-12-23(13-11-22)21(25)27-16-17-6-3-2-4-7-17/h2-9,14H,10-13,15-16H2,1H3. The Kier molecular flexibility index (Phi) is 6.30. The van der Waals surface area contributed by atoms with Crippen LogP contribution in [0.15, 0.2) is 54.6 Å².